The molecule has 5 heteroatoms. The fourth-order valence-corrected chi connectivity index (χ4v) is 3.34. The third-order valence-electron chi connectivity index (χ3n) is 3.88. The standard InChI is InChI=1S/C20H27BrN2O2/c1-5-25-20-17(21)11-15(12-19(20)24-4)13-22-18(14-23(2)3)16-9-7-6-8-10-16/h6-12,18,22H,5,13-14H2,1-4H3/t18-/m1/s1. The van der Waals surface area contributed by atoms with Crippen molar-refractivity contribution in [3.8, 4) is 11.5 Å². The molecule has 2 aromatic carbocycles. The number of ether oxygens (including phenoxy) is 2. The van der Waals surface area contributed by atoms with Gasteiger partial charge in [-0.1, -0.05) is 30.3 Å². The van der Waals surface area contributed by atoms with E-state index in [2.05, 4.69) is 70.6 Å². The van der Waals surface area contributed by atoms with Gasteiger partial charge in [-0.15, -0.1) is 0 Å². The number of nitrogens with one attached hydrogen (secondary N) is 1. The normalized spacial score (nSPS) is 12.2. The van der Waals surface area contributed by atoms with E-state index in [0.29, 0.717) is 6.61 Å². The van der Waals surface area contributed by atoms with E-state index in [1.54, 1.807) is 7.11 Å². The maximum Gasteiger partial charge on any atom is 0.175 e. The molecule has 1 atom stereocenters. The Bertz CT molecular complexity index is 662. The molecule has 25 heavy (non-hydrogen) atoms. The summed E-state index contributed by atoms with van der Waals surface area (Å²) in [7, 11) is 5.85. The Balaban J connectivity index is 2.15. The van der Waals surface area contributed by atoms with Crippen LogP contribution in [0.2, 0.25) is 0 Å². The van der Waals surface area contributed by atoms with Crippen molar-refractivity contribution in [2.24, 2.45) is 0 Å². The van der Waals surface area contributed by atoms with Crippen molar-refractivity contribution in [1.82, 2.24) is 10.2 Å². The molecule has 4 nitrogen and oxygen atoms in total. The summed E-state index contributed by atoms with van der Waals surface area (Å²) in [4.78, 5) is 2.19. The lowest BCUT2D eigenvalue weighted by molar-refractivity contribution is 0.308. The second-order valence-electron chi connectivity index (χ2n) is 6.15. The smallest absolute Gasteiger partial charge is 0.175 e. The van der Waals surface area contributed by atoms with Gasteiger partial charge in [-0.2, -0.15) is 0 Å². The van der Waals surface area contributed by atoms with Gasteiger partial charge >= 0.3 is 0 Å². The first kappa shape index (κ1) is 19.8. The highest BCUT2D eigenvalue weighted by molar-refractivity contribution is 9.10. The van der Waals surface area contributed by atoms with Crippen LogP contribution in [0.1, 0.15) is 24.1 Å². The van der Waals surface area contributed by atoms with Gasteiger partial charge < -0.3 is 19.7 Å². The van der Waals surface area contributed by atoms with Crippen LogP contribution in [0.4, 0.5) is 0 Å². The third kappa shape index (κ3) is 5.73. The Hall–Kier alpha value is -1.56. The van der Waals surface area contributed by atoms with Gasteiger partial charge in [0, 0.05) is 19.1 Å². The van der Waals surface area contributed by atoms with Gasteiger partial charge in [-0.3, -0.25) is 0 Å². The van der Waals surface area contributed by atoms with Crippen molar-refractivity contribution >= 4 is 15.9 Å². The zero-order valence-corrected chi connectivity index (χ0v) is 17.0. The van der Waals surface area contributed by atoms with Crippen molar-refractivity contribution < 1.29 is 9.47 Å². The largest absolute Gasteiger partial charge is 0.493 e. The summed E-state index contributed by atoms with van der Waals surface area (Å²) in [5.74, 6) is 1.50. The zero-order chi connectivity index (χ0) is 18.2. The first-order chi connectivity index (χ1) is 12.0. The maximum atomic E-state index is 5.66. The Labute approximate surface area is 159 Å². The summed E-state index contributed by atoms with van der Waals surface area (Å²) in [6.45, 7) is 4.24. The number of rotatable bonds is 9. The summed E-state index contributed by atoms with van der Waals surface area (Å²) in [6, 6.07) is 14.9. The highest BCUT2D eigenvalue weighted by Crippen LogP contribution is 2.36. The molecule has 0 aliphatic carbocycles. The molecule has 0 radical (unpaired) electrons. The van der Waals surface area contributed by atoms with Gasteiger partial charge in [0.1, 0.15) is 0 Å². The average molecular weight is 407 g/mol. The topological polar surface area (TPSA) is 33.7 Å². The second kappa shape index (κ2) is 9.80. The van der Waals surface area contributed by atoms with Gasteiger partial charge in [-0.05, 0) is 60.2 Å². The molecular weight excluding hydrogens is 380 g/mol. The number of benzene rings is 2. The molecule has 2 rings (SSSR count). The summed E-state index contributed by atoms with van der Waals surface area (Å²) < 4.78 is 12.1. The van der Waals surface area contributed by atoms with Crippen molar-refractivity contribution in [1.29, 1.82) is 0 Å². The third-order valence-corrected chi connectivity index (χ3v) is 4.47. The summed E-state index contributed by atoms with van der Waals surface area (Å²) in [5.41, 5.74) is 2.43. The van der Waals surface area contributed by atoms with E-state index in [0.717, 1.165) is 34.6 Å². The lowest BCUT2D eigenvalue weighted by Gasteiger charge is -2.23. The van der Waals surface area contributed by atoms with E-state index in [4.69, 9.17) is 9.47 Å². The predicted octanol–water partition coefficient (Wildman–Crippen LogP) is 4.25. The molecule has 1 N–H and O–H groups in total. The van der Waals surface area contributed by atoms with Crippen LogP contribution in [0, 0.1) is 0 Å². The maximum absolute atomic E-state index is 5.66. The van der Waals surface area contributed by atoms with Crippen LogP contribution in [-0.4, -0.2) is 39.3 Å². The molecule has 0 aromatic heterocycles. The molecule has 0 unspecified atom stereocenters. The minimum absolute atomic E-state index is 0.257. The average Bonchev–Trinajstić information content (AvgIpc) is 2.61. The Morgan fingerprint density at radius 1 is 1.16 bits per heavy atom. The molecular formula is C20H27BrN2O2. The summed E-state index contributed by atoms with van der Waals surface area (Å²) >= 11 is 3.59. The van der Waals surface area contributed by atoms with Gasteiger partial charge in [0.15, 0.2) is 11.5 Å². The fraction of sp³-hybridized carbons (Fsp3) is 0.400. The zero-order valence-electron chi connectivity index (χ0n) is 15.4. The van der Waals surface area contributed by atoms with Gasteiger partial charge in [-0.25, -0.2) is 0 Å². The van der Waals surface area contributed by atoms with Crippen LogP contribution in [0.5, 0.6) is 11.5 Å². The van der Waals surface area contributed by atoms with Crippen molar-refractivity contribution in [3.05, 3.63) is 58.1 Å². The predicted molar refractivity (Wildman–Crippen MR) is 106 cm³/mol. The molecule has 0 fully saturated rings. The van der Waals surface area contributed by atoms with Gasteiger partial charge in [0.05, 0.1) is 18.2 Å². The van der Waals surface area contributed by atoms with Gasteiger partial charge in [0.25, 0.3) is 0 Å². The first-order valence-corrected chi connectivity index (χ1v) is 9.26. The molecule has 0 bridgehead atoms. The van der Waals surface area contributed by atoms with Crippen LogP contribution in [0.25, 0.3) is 0 Å². The van der Waals surface area contributed by atoms with E-state index >= 15 is 0 Å². The monoisotopic (exact) mass is 406 g/mol. The van der Waals surface area contributed by atoms with Crippen LogP contribution in [-0.2, 0) is 6.54 Å². The summed E-state index contributed by atoms with van der Waals surface area (Å²) in [5, 5.41) is 3.65. The Morgan fingerprint density at radius 3 is 2.48 bits per heavy atom. The van der Waals surface area contributed by atoms with E-state index in [9.17, 15) is 0 Å². The minimum atomic E-state index is 0.257. The number of likely N-dealkylation sites (N-methyl/N-ethyl adjacent to an activating group) is 1. The molecule has 0 amide bonds. The molecule has 0 saturated heterocycles. The van der Waals surface area contributed by atoms with Crippen LogP contribution >= 0.6 is 15.9 Å². The second-order valence-corrected chi connectivity index (χ2v) is 7.00. The number of hydrogen-bond acceptors (Lipinski definition) is 4. The van der Waals surface area contributed by atoms with E-state index in [-0.39, 0.29) is 6.04 Å². The lowest BCUT2D eigenvalue weighted by atomic mass is 10.1. The number of nitrogens with zero attached hydrogens (tertiary/aromatic N) is 1. The number of halogens is 1. The van der Waals surface area contributed by atoms with E-state index < -0.39 is 0 Å². The quantitative estimate of drug-likeness (QED) is 0.674. The Morgan fingerprint density at radius 2 is 1.88 bits per heavy atom. The molecule has 0 heterocycles. The van der Waals surface area contributed by atoms with Crippen LogP contribution in [0.3, 0.4) is 0 Å². The Kier molecular flexibility index (Phi) is 7.75. The molecule has 0 aliphatic rings. The highest BCUT2D eigenvalue weighted by atomic mass is 79.9. The summed E-state index contributed by atoms with van der Waals surface area (Å²) in [6.07, 6.45) is 0. The van der Waals surface area contributed by atoms with Crippen LogP contribution in [0.15, 0.2) is 46.9 Å². The molecule has 136 valence electrons. The number of methoxy groups -OCH3 is 1. The molecule has 0 aliphatic heterocycles. The van der Waals surface area contributed by atoms with Crippen molar-refractivity contribution in [3.63, 3.8) is 0 Å². The van der Waals surface area contributed by atoms with Crippen molar-refractivity contribution in [2.45, 2.75) is 19.5 Å². The van der Waals surface area contributed by atoms with Gasteiger partial charge in [0.2, 0.25) is 0 Å². The van der Waals surface area contributed by atoms with Crippen LogP contribution < -0.4 is 14.8 Å². The van der Waals surface area contributed by atoms with E-state index in [1.165, 1.54) is 5.56 Å². The fourth-order valence-electron chi connectivity index (χ4n) is 2.74. The van der Waals surface area contributed by atoms with E-state index in [1.807, 2.05) is 19.1 Å². The molecule has 0 saturated carbocycles. The first-order valence-electron chi connectivity index (χ1n) is 8.47. The lowest BCUT2D eigenvalue weighted by Crippen LogP contribution is -2.30. The minimum Gasteiger partial charge on any atom is -0.493 e. The number of hydrogen-bond donors (Lipinski definition) is 1. The molecule has 2 aromatic rings. The SMILES string of the molecule is CCOc1c(Br)cc(CN[C@H](CN(C)C)c2ccccc2)cc1OC. The highest BCUT2D eigenvalue weighted by Gasteiger charge is 2.14. The molecule has 0 spiro atoms. The van der Waals surface area contributed by atoms with Crippen molar-refractivity contribution in [2.75, 3.05) is 34.4 Å².